The van der Waals surface area contributed by atoms with E-state index < -0.39 is 24.9 Å². The van der Waals surface area contributed by atoms with E-state index in [1.807, 2.05) is 6.92 Å². The van der Waals surface area contributed by atoms with Gasteiger partial charge in [0.25, 0.3) is 5.91 Å². The molecule has 0 saturated carbocycles. The summed E-state index contributed by atoms with van der Waals surface area (Å²) in [6.07, 6.45) is 0. The van der Waals surface area contributed by atoms with Crippen molar-refractivity contribution in [2.24, 2.45) is 0 Å². The maximum absolute atomic E-state index is 13.0. The first-order valence-electron chi connectivity index (χ1n) is 7.91. The third-order valence-corrected chi connectivity index (χ3v) is 6.93. The lowest BCUT2D eigenvalue weighted by Crippen LogP contribution is -2.49. The number of aryl methyl sites for hydroxylation is 1. The summed E-state index contributed by atoms with van der Waals surface area (Å²) in [7, 11) is -1.33. The number of sulfone groups is 1. The number of amides is 1. The van der Waals surface area contributed by atoms with E-state index in [9.17, 15) is 13.2 Å². The first kappa shape index (κ1) is 22.6. The molecule has 0 saturated heterocycles. The molecule has 0 aliphatic heterocycles. The predicted molar refractivity (Wildman–Crippen MR) is 109 cm³/mol. The summed E-state index contributed by atoms with van der Waals surface area (Å²) in [5.41, 5.74) is 0.967. The monoisotopic (exact) mass is 465 g/mol. The van der Waals surface area contributed by atoms with Crippen LogP contribution in [0.3, 0.4) is 0 Å². The van der Waals surface area contributed by atoms with E-state index in [1.165, 1.54) is 44.6 Å². The van der Waals surface area contributed by atoms with Gasteiger partial charge in [-0.05, 0) is 37.3 Å². The van der Waals surface area contributed by atoms with Gasteiger partial charge in [-0.15, -0.1) is 0 Å². The van der Waals surface area contributed by atoms with Crippen LogP contribution in [0.4, 0.5) is 0 Å². The van der Waals surface area contributed by atoms with Crippen LogP contribution in [-0.2, 0) is 9.84 Å². The van der Waals surface area contributed by atoms with E-state index in [4.69, 9.17) is 44.3 Å². The zero-order valence-electron chi connectivity index (χ0n) is 15.2. The highest BCUT2D eigenvalue weighted by Gasteiger charge is 2.44. The molecule has 0 aliphatic carbocycles. The van der Waals surface area contributed by atoms with Gasteiger partial charge in [0.2, 0.25) is 13.6 Å². The number of ether oxygens (including phenoxy) is 2. The fourth-order valence-electron chi connectivity index (χ4n) is 2.38. The average Bonchev–Trinajstić information content (AvgIpc) is 2.64. The Hall–Kier alpha value is -1.67. The topological polar surface area (TPSA) is 81.7 Å². The van der Waals surface area contributed by atoms with Gasteiger partial charge in [-0.3, -0.25) is 4.79 Å². The Kier molecular flexibility index (Phi) is 7.09. The highest BCUT2D eigenvalue weighted by molar-refractivity contribution is 7.92. The van der Waals surface area contributed by atoms with Crippen LogP contribution in [0.15, 0.2) is 47.4 Å². The number of carbonyl (C=O) groups is 1. The molecular formula is C18H18Cl3NO5S. The summed E-state index contributed by atoms with van der Waals surface area (Å²) in [6, 6.07) is 10.3. The SMILES string of the molecule is COc1ccc(C(=O)N[C@@H](C(Cl)(Cl)Cl)S(=O)(=O)c2ccc(C)cc2)cc1OC. The Labute approximate surface area is 178 Å². The molecule has 2 rings (SSSR count). The van der Waals surface area contributed by atoms with Crippen LogP contribution >= 0.6 is 34.8 Å². The molecule has 6 nitrogen and oxygen atoms in total. The van der Waals surface area contributed by atoms with Crippen LogP contribution in [0.1, 0.15) is 15.9 Å². The molecule has 0 bridgehead atoms. The van der Waals surface area contributed by atoms with Gasteiger partial charge in [0.15, 0.2) is 16.9 Å². The van der Waals surface area contributed by atoms with Crippen LogP contribution in [0.2, 0.25) is 0 Å². The fraction of sp³-hybridized carbons (Fsp3) is 0.278. The van der Waals surface area contributed by atoms with Crippen molar-refractivity contribution in [3.63, 3.8) is 0 Å². The number of nitrogens with one attached hydrogen (secondary N) is 1. The standard InChI is InChI=1S/C18H18Cl3NO5S/c1-11-4-7-13(8-5-11)28(24,25)17(18(19,20)21)22-16(23)12-6-9-14(26-2)15(10-12)27-3/h4-10,17H,1-3H3,(H,22,23)/t17-/m1/s1. The molecule has 152 valence electrons. The lowest BCUT2D eigenvalue weighted by Gasteiger charge is -2.25. The average molecular weight is 467 g/mol. The van der Waals surface area contributed by atoms with Crippen molar-refractivity contribution in [3.8, 4) is 11.5 Å². The maximum Gasteiger partial charge on any atom is 0.252 e. The molecule has 0 radical (unpaired) electrons. The Bertz CT molecular complexity index is 956. The number of hydrogen-bond donors (Lipinski definition) is 1. The van der Waals surface area contributed by atoms with Crippen LogP contribution in [0.25, 0.3) is 0 Å². The van der Waals surface area contributed by atoms with Crippen molar-refractivity contribution in [1.29, 1.82) is 0 Å². The molecule has 1 atom stereocenters. The van der Waals surface area contributed by atoms with Crippen LogP contribution in [-0.4, -0.2) is 37.7 Å². The highest BCUT2D eigenvalue weighted by Crippen LogP contribution is 2.36. The van der Waals surface area contributed by atoms with Crippen molar-refractivity contribution < 1.29 is 22.7 Å². The third-order valence-electron chi connectivity index (χ3n) is 3.87. The van der Waals surface area contributed by atoms with Gasteiger partial charge >= 0.3 is 0 Å². The van der Waals surface area contributed by atoms with E-state index in [1.54, 1.807) is 12.1 Å². The third kappa shape index (κ3) is 5.03. The molecule has 2 aromatic carbocycles. The Morgan fingerprint density at radius 3 is 2.07 bits per heavy atom. The van der Waals surface area contributed by atoms with E-state index >= 15 is 0 Å². The Morgan fingerprint density at radius 1 is 1.00 bits per heavy atom. The molecule has 0 aromatic heterocycles. The molecule has 2 aromatic rings. The summed E-state index contributed by atoms with van der Waals surface area (Å²) in [5, 5.41) is 0.485. The van der Waals surface area contributed by atoms with Crippen LogP contribution in [0, 0.1) is 6.92 Å². The van der Waals surface area contributed by atoms with Gasteiger partial charge in [-0.1, -0.05) is 52.5 Å². The number of benzene rings is 2. The minimum atomic E-state index is -4.19. The molecule has 0 spiro atoms. The van der Waals surface area contributed by atoms with Gasteiger partial charge < -0.3 is 14.8 Å². The largest absolute Gasteiger partial charge is 0.493 e. The summed E-state index contributed by atoms with van der Waals surface area (Å²) in [5.74, 6) is -0.0563. The van der Waals surface area contributed by atoms with Gasteiger partial charge in [-0.25, -0.2) is 8.42 Å². The quantitative estimate of drug-likeness (QED) is 0.653. The van der Waals surface area contributed by atoms with Crippen molar-refractivity contribution >= 4 is 50.5 Å². The fourth-order valence-corrected chi connectivity index (χ4v) is 5.00. The van der Waals surface area contributed by atoms with Crippen LogP contribution < -0.4 is 14.8 Å². The Balaban J connectivity index is 2.40. The number of hydrogen-bond acceptors (Lipinski definition) is 5. The number of methoxy groups -OCH3 is 2. The molecule has 10 heteroatoms. The van der Waals surface area contributed by atoms with Gasteiger partial charge in [0.1, 0.15) is 0 Å². The van der Waals surface area contributed by atoms with Gasteiger partial charge in [-0.2, -0.15) is 0 Å². The van der Waals surface area contributed by atoms with E-state index in [-0.39, 0.29) is 10.5 Å². The summed E-state index contributed by atoms with van der Waals surface area (Å²) >= 11 is 17.7. The minimum Gasteiger partial charge on any atom is -0.493 e. The number of carbonyl (C=O) groups excluding carboxylic acids is 1. The lowest BCUT2D eigenvalue weighted by atomic mass is 10.2. The molecular weight excluding hydrogens is 449 g/mol. The maximum atomic E-state index is 13.0. The number of alkyl halides is 3. The lowest BCUT2D eigenvalue weighted by molar-refractivity contribution is 0.0948. The first-order valence-corrected chi connectivity index (χ1v) is 10.6. The second-order valence-corrected chi connectivity index (χ2v) is 10.2. The smallest absolute Gasteiger partial charge is 0.252 e. The zero-order valence-corrected chi connectivity index (χ0v) is 18.3. The molecule has 0 aliphatic rings. The predicted octanol–water partition coefficient (Wildman–Crippen LogP) is 3.91. The normalized spacial score (nSPS) is 12.9. The number of halogens is 3. The zero-order chi connectivity index (χ0) is 21.1. The summed E-state index contributed by atoms with van der Waals surface area (Å²) in [6.45, 7) is 1.81. The molecule has 28 heavy (non-hydrogen) atoms. The second kappa shape index (κ2) is 8.78. The highest BCUT2D eigenvalue weighted by atomic mass is 35.6. The second-order valence-electron chi connectivity index (χ2n) is 5.82. The van der Waals surface area contributed by atoms with Gasteiger partial charge in [0.05, 0.1) is 19.1 Å². The van der Waals surface area contributed by atoms with Crippen LogP contribution in [0.5, 0.6) is 11.5 Å². The van der Waals surface area contributed by atoms with E-state index in [2.05, 4.69) is 5.32 Å². The van der Waals surface area contributed by atoms with Crippen molar-refractivity contribution in [2.75, 3.05) is 14.2 Å². The Morgan fingerprint density at radius 2 is 1.57 bits per heavy atom. The minimum absolute atomic E-state index is 0.0814. The molecule has 0 unspecified atom stereocenters. The van der Waals surface area contributed by atoms with Crippen molar-refractivity contribution in [2.45, 2.75) is 21.0 Å². The molecule has 1 N–H and O–H groups in total. The van der Waals surface area contributed by atoms with Gasteiger partial charge in [0, 0.05) is 5.56 Å². The van der Waals surface area contributed by atoms with E-state index in [0.29, 0.717) is 11.5 Å². The summed E-state index contributed by atoms with van der Waals surface area (Å²) < 4.78 is 33.9. The molecule has 0 heterocycles. The van der Waals surface area contributed by atoms with Crippen molar-refractivity contribution in [3.05, 3.63) is 53.6 Å². The number of rotatable bonds is 6. The summed E-state index contributed by atoms with van der Waals surface area (Å²) in [4.78, 5) is 12.6. The van der Waals surface area contributed by atoms with E-state index in [0.717, 1.165) is 5.56 Å². The van der Waals surface area contributed by atoms with Crippen molar-refractivity contribution in [1.82, 2.24) is 5.32 Å². The molecule has 0 fully saturated rings. The molecule has 1 amide bonds. The first-order chi connectivity index (χ1) is 13.0.